The molecule has 1 amide bonds. The summed E-state index contributed by atoms with van der Waals surface area (Å²) in [7, 11) is 1.64. The zero-order valence-corrected chi connectivity index (χ0v) is 15.5. The molecule has 0 bridgehead atoms. The Labute approximate surface area is 157 Å². The van der Waals surface area contributed by atoms with Gasteiger partial charge < -0.3 is 10.1 Å². The molecule has 0 unspecified atom stereocenters. The minimum Gasteiger partial charge on any atom is -0.497 e. The monoisotopic (exact) mass is 364 g/mol. The van der Waals surface area contributed by atoms with Crippen molar-refractivity contribution in [2.45, 2.75) is 11.4 Å². The van der Waals surface area contributed by atoms with Crippen molar-refractivity contribution >= 4 is 17.7 Å². The molecule has 0 spiro atoms. The number of nitrogens with one attached hydrogen (secondary N) is 1. The van der Waals surface area contributed by atoms with Gasteiger partial charge in [0.15, 0.2) is 0 Å². The summed E-state index contributed by atoms with van der Waals surface area (Å²) >= 11 is 1.70. The van der Waals surface area contributed by atoms with E-state index in [0.29, 0.717) is 12.1 Å². The molecule has 0 saturated heterocycles. The van der Waals surface area contributed by atoms with Crippen LogP contribution in [0.15, 0.2) is 71.9 Å². The third-order valence-corrected chi connectivity index (χ3v) is 4.78. The van der Waals surface area contributed by atoms with E-state index in [1.54, 1.807) is 31.3 Å². The van der Waals surface area contributed by atoms with Gasteiger partial charge in [0.05, 0.1) is 12.7 Å². The van der Waals surface area contributed by atoms with E-state index in [9.17, 15) is 4.79 Å². The van der Waals surface area contributed by atoms with Crippen LogP contribution in [0.1, 0.15) is 15.9 Å². The van der Waals surface area contributed by atoms with Gasteiger partial charge in [-0.3, -0.25) is 9.78 Å². The Morgan fingerprint density at radius 3 is 2.42 bits per heavy atom. The van der Waals surface area contributed by atoms with E-state index < -0.39 is 0 Å². The van der Waals surface area contributed by atoms with Crippen LogP contribution in [0.4, 0.5) is 0 Å². The van der Waals surface area contributed by atoms with E-state index in [-0.39, 0.29) is 5.91 Å². The Balaban J connectivity index is 1.69. The highest BCUT2D eigenvalue weighted by Crippen LogP contribution is 2.22. The first kappa shape index (κ1) is 18.0. The molecule has 0 aliphatic heterocycles. The third kappa shape index (κ3) is 4.43. The number of methoxy groups -OCH3 is 1. The molecule has 1 N–H and O–H groups in total. The highest BCUT2D eigenvalue weighted by Gasteiger charge is 2.08. The number of hydrogen-bond acceptors (Lipinski definition) is 4. The molecule has 1 heterocycles. The second kappa shape index (κ2) is 8.54. The molecule has 132 valence electrons. The second-order valence-electron chi connectivity index (χ2n) is 5.72. The second-order valence-corrected chi connectivity index (χ2v) is 6.60. The first-order chi connectivity index (χ1) is 12.7. The molecule has 4 nitrogen and oxygen atoms in total. The number of carbonyl (C=O) groups excluding carboxylic acids is 1. The summed E-state index contributed by atoms with van der Waals surface area (Å²) in [4.78, 5) is 17.9. The van der Waals surface area contributed by atoms with Gasteiger partial charge in [0.2, 0.25) is 0 Å². The van der Waals surface area contributed by atoms with E-state index in [0.717, 1.165) is 22.4 Å². The molecule has 0 atom stereocenters. The number of carbonyl (C=O) groups is 1. The summed E-state index contributed by atoms with van der Waals surface area (Å²) in [5, 5.41) is 2.94. The van der Waals surface area contributed by atoms with Crippen LogP contribution in [0.5, 0.6) is 5.75 Å². The fraction of sp³-hybridized carbons (Fsp3) is 0.143. The molecule has 0 radical (unpaired) electrons. The van der Waals surface area contributed by atoms with E-state index in [4.69, 9.17) is 4.74 Å². The van der Waals surface area contributed by atoms with E-state index in [1.807, 2.05) is 48.7 Å². The minimum absolute atomic E-state index is 0.137. The Bertz CT molecular complexity index is 877. The van der Waals surface area contributed by atoms with Gasteiger partial charge in [-0.1, -0.05) is 24.3 Å². The lowest BCUT2D eigenvalue weighted by Crippen LogP contribution is -2.22. The third-order valence-electron chi connectivity index (χ3n) is 4.04. The molecule has 1 aromatic heterocycles. The lowest BCUT2D eigenvalue weighted by Gasteiger charge is -2.08. The number of rotatable bonds is 6. The number of nitrogens with zero attached hydrogens (tertiary/aromatic N) is 1. The average Bonchev–Trinajstić information content (AvgIpc) is 2.72. The van der Waals surface area contributed by atoms with Crippen LogP contribution >= 0.6 is 11.8 Å². The van der Waals surface area contributed by atoms with Crippen LogP contribution in [0.25, 0.3) is 11.1 Å². The van der Waals surface area contributed by atoms with Gasteiger partial charge in [0.1, 0.15) is 5.75 Å². The molecule has 2 aromatic carbocycles. The van der Waals surface area contributed by atoms with Crippen LogP contribution in [-0.2, 0) is 6.54 Å². The van der Waals surface area contributed by atoms with Crippen LogP contribution < -0.4 is 10.1 Å². The Kier molecular flexibility index (Phi) is 5.92. The molecule has 0 saturated carbocycles. The van der Waals surface area contributed by atoms with E-state index in [1.165, 1.54) is 4.90 Å². The average molecular weight is 364 g/mol. The van der Waals surface area contributed by atoms with Gasteiger partial charge in [-0.25, -0.2) is 0 Å². The number of ether oxygens (including phenoxy) is 1. The Hall–Kier alpha value is -2.79. The largest absolute Gasteiger partial charge is 0.497 e. The fourth-order valence-corrected chi connectivity index (χ4v) is 2.94. The predicted molar refractivity (Wildman–Crippen MR) is 106 cm³/mol. The number of aromatic nitrogens is 1. The summed E-state index contributed by atoms with van der Waals surface area (Å²) in [5.41, 5.74) is 3.49. The van der Waals surface area contributed by atoms with Gasteiger partial charge in [-0.15, -0.1) is 11.8 Å². The van der Waals surface area contributed by atoms with Gasteiger partial charge in [-0.05, 0) is 47.7 Å². The van der Waals surface area contributed by atoms with Crippen molar-refractivity contribution in [1.82, 2.24) is 10.3 Å². The predicted octanol–water partition coefficient (Wildman–Crippen LogP) is 4.41. The number of hydrogen-bond donors (Lipinski definition) is 1. The zero-order chi connectivity index (χ0) is 18.4. The minimum atomic E-state index is -0.137. The maximum absolute atomic E-state index is 12.4. The van der Waals surface area contributed by atoms with Crippen LogP contribution in [0.3, 0.4) is 0 Å². The number of amides is 1. The summed E-state index contributed by atoms with van der Waals surface area (Å²) in [6.07, 6.45) is 5.37. The lowest BCUT2D eigenvalue weighted by atomic mass is 10.1. The van der Waals surface area contributed by atoms with Crippen molar-refractivity contribution in [2.75, 3.05) is 13.4 Å². The Morgan fingerprint density at radius 2 is 1.77 bits per heavy atom. The van der Waals surface area contributed by atoms with Crippen molar-refractivity contribution in [3.05, 3.63) is 78.1 Å². The molecule has 5 heteroatoms. The number of thioether (sulfide) groups is 1. The maximum atomic E-state index is 12.4. The quantitative estimate of drug-likeness (QED) is 0.658. The number of benzene rings is 2. The molecule has 0 aliphatic rings. The van der Waals surface area contributed by atoms with Crippen molar-refractivity contribution < 1.29 is 9.53 Å². The van der Waals surface area contributed by atoms with Crippen molar-refractivity contribution in [1.29, 1.82) is 0 Å². The molecule has 0 fully saturated rings. The summed E-state index contributed by atoms with van der Waals surface area (Å²) in [6.45, 7) is 0.486. The maximum Gasteiger partial charge on any atom is 0.253 e. The van der Waals surface area contributed by atoms with Crippen molar-refractivity contribution in [3.8, 4) is 16.9 Å². The number of pyridine rings is 1. The first-order valence-electron chi connectivity index (χ1n) is 8.20. The summed E-state index contributed by atoms with van der Waals surface area (Å²) in [6, 6.07) is 17.7. The Morgan fingerprint density at radius 1 is 1.04 bits per heavy atom. The van der Waals surface area contributed by atoms with Gasteiger partial charge in [-0.2, -0.15) is 0 Å². The van der Waals surface area contributed by atoms with Gasteiger partial charge in [0, 0.05) is 29.4 Å². The van der Waals surface area contributed by atoms with Crippen molar-refractivity contribution in [2.24, 2.45) is 0 Å². The van der Waals surface area contributed by atoms with Gasteiger partial charge in [0.25, 0.3) is 5.91 Å². The smallest absolute Gasteiger partial charge is 0.253 e. The SMILES string of the molecule is COc1ccc(-c2cncc(C(=O)NCc3ccc(SC)cc3)c2)cc1. The zero-order valence-electron chi connectivity index (χ0n) is 14.7. The van der Waals surface area contributed by atoms with E-state index in [2.05, 4.69) is 22.4 Å². The van der Waals surface area contributed by atoms with E-state index >= 15 is 0 Å². The normalized spacial score (nSPS) is 10.4. The topological polar surface area (TPSA) is 51.2 Å². The van der Waals surface area contributed by atoms with Gasteiger partial charge >= 0.3 is 0 Å². The molecule has 3 aromatic rings. The molecule has 3 rings (SSSR count). The fourth-order valence-electron chi connectivity index (χ4n) is 2.53. The molecule has 26 heavy (non-hydrogen) atoms. The highest BCUT2D eigenvalue weighted by atomic mass is 32.2. The molecular formula is C21H20N2O2S. The summed E-state index contributed by atoms with van der Waals surface area (Å²) < 4.78 is 5.17. The highest BCUT2D eigenvalue weighted by molar-refractivity contribution is 7.98. The molecule has 0 aliphatic carbocycles. The standard InChI is InChI=1S/C21H20N2O2S/c1-25-19-7-5-16(6-8-19)17-11-18(14-22-13-17)21(24)23-12-15-3-9-20(26-2)10-4-15/h3-11,13-14H,12H2,1-2H3,(H,23,24). The van der Waals surface area contributed by atoms with Crippen LogP contribution in [0.2, 0.25) is 0 Å². The lowest BCUT2D eigenvalue weighted by molar-refractivity contribution is 0.0950. The first-order valence-corrected chi connectivity index (χ1v) is 9.42. The summed E-state index contributed by atoms with van der Waals surface area (Å²) in [5.74, 6) is 0.657. The molecular weight excluding hydrogens is 344 g/mol. The van der Waals surface area contributed by atoms with Crippen molar-refractivity contribution in [3.63, 3.8) is 0 Å². The van der Waals surface area contributed by atoms with Crippen LogP contribution in [-0.4, -0.2) is 24.3 Å². The van der Waals surface area contributed by atoms with Crippen LogP contribution in [0, 0.1) is 0 Å².